The molecule has 0 unspecified atom stereocenters. The van der Waals surface area contributed by atoms with E-state index in [0.29, 0.717) is 37.4 Å². The SMILES string of the molecule is CCOc1ccc(Cl)cc1CCNC(=O)CCc1cnc[nH]1. The van der Waals surface area contributed by atoms with Crippen LogP contribution in [0.4, 0.5) is 0 Å². The number of carbonyl (C=O) groups is 1. The van der Waals surface area contributed by atoms with Gasteiger partial charge in [-0.3, -0.25) is 4.79 Å². The van der Waals surface area contributed by atoms with E-state index >= 15 is 0 Å². The summed E-state index contributed by atoms with van der Waals surface area (Å²) in [5.74, 6) is 0.841. The molecule has 5 nitrogen and oxygen atoms in total. The minimum atomic E-state index is 0.0228. The van der Waals surface area contributed by atoms with Crippen molar-refractivity contribution in [2.24, 2.45) is 0 Å². The number of H-pyrrole nitrogens is 1. The highest BCUT2D eigenvalue weighted by Gasteiger charge is 2.07. The number of ether oxygens (including phenoxy) is 1. The summed E-state index contributed by atoms with van der Waals surface area (Å²) in [4.78, 5) is 18.7. The van der Waals surface area contributed by atoms with Gasteiger partial charge in [-0.2, -0.15) is 0 Å². The van der Waals surface area contributed by atoms with E-state index in [4.69, 9.17) is 16.3 Å². The van der Waals surface area contributed by atoms with Crippen LogP contribution in [0.15, 0.2) is 30.7 Å². The van der Waals surface area contributed by atoms with E-state index in [1.54, 1.807) is 18.6 Å². The first-order valence-corrected chi connectivity index (χ1v) is 7.72. The van der Waals surface area contributed by atoms with E-state index in [0.717, 1.165) is 17.0 Å². The van der Waals surface area contributed by atoms with Crippen molar-refractivity contribution in [3.63, 3.8) is 0 Å². The minimum Gasteiger partial charge on any atom is -0.494 e. The third-order valence-electron chi connectivity index (χ3n) is 3.22. The van der Waals surface area contributed by atoms with Crippen LogP contribution in [0.5, 0.6) is 5.75 Å². The summed E-state index contributed by atoms with van der Waals surface area (Å²) in [5.41, 5.74) is 1.96. The minimum absolute atomic E-state index is 0.0228. The quantitative estimate of drug-likeness (QED) is 0.785. The highest BCUT2D eigenvalue weighted by atomic mass is 35.5. The van der Waals surface area contributed by atoms with Crippen LogP contribution in [0, 0.1) is 0 Å². The Labute approximate surface area is 135 Å². The van der Waals surface area contributed by atoms with Crippen LogP contribution in [-0.4, -0.2) is 29.0 Å². The molecule has 1 aromatic carbocycles. The first kappa shape index (κ1) is 16.4. The fourth-order valence-electron chi connectivity index (χ4n) is 2.13. The van der Waals surface area contributed by atoms with E-state index in [1.807, 2.05) is 19.1 Å². The number of aromatic nitrogens is 2. The fourth-order valence-corrected chi connectivity index (χ4v) is 2.33. The van der Waals surface area contributed by atoms with Gasteiger partial charge < -0.3 is 15.0 Å². The van der Waals surface area contributed by atoms with Crippen LogP contribution in [-0.2, 0) is 17.6 Å². The highest BCUT2D eigenvalue weighted by Crippen LogP contribution is 2.23. The van der Waals surface area contributed by atoms with Gasteiger partial charge >= 0.3 is 0 Å². The topological polar surface area (TPSA) is 67.0 Å². The molecule has 118 valence electrons. The van der Waals surface area contributed by atoms with Gasteiger partial charge in [0.05, 0.1) is 12.9 Å². The summed E-state index contributed by atoms with van der Waals surface area (Å²) in [6.07, 6.45) is 5.13. The lowest BCUT2D eigenvalue weighted by Crippen LogP contribution is -2.26. The van der Waals surface area contributed by atoms with Gasteiger partial charge in [-0.25, -0.2) is 4.98 Å². The number of aromatic amines is 1. The largest absolute Gasteiger partial charge is 0.494 e. The van der Waals surface area contributed by atoms with Crippen LogP contribution < -0.4 is 10.1 Å². The van der Waals surface area contributed by atoms with Crippen LogP contribution in [0.25, 0.3) is 0 Å². The smallest absolute Gasteiger partial charge is 0.220 e. The molecule has 0 aliphatic heterocycles. The van der Waals surface area contributed by atoms with Gasteiger partial charge in [0.1, 0.15) is 5.75 Å². The summed E-state index contributed by atoms with van der Waals surface area (Å²) >= 11 is 6.01. The molecule has 2 rings (SSSR count). The summed E-state index contributed by atoms with van der Waals surface area (Å²) in [5, 5.41) is 3.58. The maximum atomic E-state index is 11.8. The number of hydrogen-bond acceptors (Lipinski definition) is 3. The van der Waals surface area contributed by atoms with E-state index in [-0.39, 0.29) is 5.91 Å². The lowest BCUT2D eigenvalue weighted by molar-refractivity contribution is -0.121. The maximum absolute atomic E-state index is 11.8. The number of aryl methyl sites for hydroxylation is 1. The van der Waals surface area contributed by atoms with Gasteiger partial charge in [0.15, 0.2) is 0 Å². The molecule has 1 amide bonds. The van der Waals surface area contributed by atoms with E-state index < -0.39 is 0 Å². The van der Waals surface area contributed by atoms with Crippen molar-refractivity contribution in [1.29, 1.82) is 0 Å². The van der Waals surface area contributed by atoms with Gasteiger partial charge in [-0.05, 0) is 43.5 Å². The van der Waals surface area contributed by atoms with Gasteiger partial charge in [0, 0.05) is 29.9 Å². The first-order valence-electron chi connectivity index (χ1n) is 7.34. The van der Waals surface area contributed by atoms with Gasteiger partial charge in [0.2, 0.25) is 5.91 Å². The van der Waals surface area contributed by atoms with Crippen LogP contribution in [0.2, 0.25) is 5.02 Å². The summed E-state index contributed by atoms with van der Waals surface area (Å²) in [6.45, 7) is 3.10. The number of carbonyl (C=O) groups excluding carboxylic acids is 1. The zero-order chi connectivity index (χ0) is 15.8. The molecule has 2 N–H and O–H groups in total. The summed E-state index contributed by atoms with van der Waals surface area (Å²) < 4.78 is 5.56. The number of rotatable bonds is 8. The molecular formula is C16H20ClN3O2. The van der Waals surface area contributed by atoms with Crippen molar-refractivity contribution in [1.82, 2.24) is 15.3 Å². The van der Waals surface area contributed by atoms with Crippen LogP contribution >= 0.6 is 11.6 Å². The Bertz CT molecular complexity index is 599. The summed E-state index contributed by atoms with van der Waals surface area (Å²) in [6, 6.07) is 5.55. The molecule has 22 heavy (non-hydrogen) atoms. The Morgan fingerprint density at radius 2 is 2.27 bits per heavy atom. The highest BCUT2D eigenvalue weighted by molar-refractivity contribution is 6.30. The van der Waals surface area contributed by atoms with Crippen LogP contribution in [0.1, 0.15) is 24.6 Å². The Morgan fingerprint density at radius 3 is 3.00 bits per heavy atom. The molecule has 0 saturated carbocycles. The lowest BCUT2D eigenvalue weighted by atomic mass is 10.1. The number of halogens is 1. The van der Waals surface area contributed by atoms with E-state index in [2.05, 4.69) is 15.3 Å². The molecule has 0 radical (unpaired) electrons. The predicted molar refractivity (Wildman–Crippen MR) is 86.2 cm³/mol. The average molecular weight is 322 g/mol. The number of hydrogen-bond donors (Lipinski definition) is 2. The zero-order valence-corrected chi connectivity index (χ0v) is 13.3. The Balaban J connectivity index is 1.78. The molecule has 0 spiro atoms. The van der Waals surface area contributed by atoms with E-state index in [9.17, 15) is 4.79 Å². The molecule has 0 aliphatic rings. The molecule has 0 atom stereocenters. The number of imidazole rings is 1. The second-order valence-corrected chi connectivity index (χ2v) is 5.30. The number of nitrogens with zero attached hydrogens (tertiary/aromatic N) is 1. The van der Waals surface area contributed by atoms with Crippen molar-refractivity contribution in [2.45, 2.75) is 26.2 Å². The molecule has 2 aromatic rings. The fraction of sp³-hybridized carbons (Fsp3) is 0.375. The normalized spacial score (nSPS) is 10.5. The monoisotopic (exact) mass is 321 g/mol. The van der Waals surface area contributed by atoms with Crippen molar-refractivity contribution < 1.29 is 9.53 Å². The Morgan fingerprint density at radius 1 is 1.41 bits per heavy atom. The molecular weight excluding hydrogens is 302 g/mol. The van der Waals surface area contributed by atoms with Crippen molar-refractivity contribution >= 4 is 17.5 Å². The van der Waals surface area contributed by atoms with Gasteiger partial charge in [0.25, 0.3) is 0 Å². The molecule has 0 saturated heterocycles. The Kier molecular flexibility index (Phi) is 6.27. The zero-order valence-electron chi connectivity index (χ0n) is 12.6. The van der Waals surface area contributed by atoms with Crippen molar-refractivity contribution in [2.75, 3.05) is 13.2 Å². The van der Waals surface area contributed by atoms with Crippen LogP contribution in [0.3, 0.4) is 0 Å². The maximum Gasteiger partial charge on any atom is 0.220 e. The number of nitrogens with one attached hydrogen (secondary N) is 2. The molecule has 1 aromatic heterocycles. The van der Waals surface area contributed by atoms with Gasteiger partial charge in [-0.15, -0.1) is 0 Å². The molecule has 0 fully saturated rings. The number of benzene rings is 1. The second-order valence-electron chi connectivity index (χ2n) is 4.86. The third kappa shape index (κ3) is 5.07. The van der Waals surface area contributed by atoms with Crippen molar-refractivity contribution in [3.8, 4) is 5.75 Å². The summed E-state index contributed by atoms with van der Waals surface area (Å²) in [7, 11) is 0. The third-order valence-corrected chi connectivity index (χ3v) is 3.45. The molecule has 6 heteroatoms. The second kappa shape index (κ2) is 8.44. The standard InChI is InChI=1S/C16H20ClN3O2/c1-2-22-15-5-3-13(17)9-12(15)7-8-19-16(21)6-4-14-10-18-11-20-14/h3,5,9-11H,2,4,6-8H2,1H3,(H,18,20)(H,19,21). The first-order chi connectivity index (χ1) is 10.7. The lowest BCUT2D eigenvalue weighted by Gasteiger charge is -2.11. The molecule has 0 bridgehead atoms. The predicted octanol–water partition coefficient (Wildman–Crippen LogP) is 2.75. The molecule has 0 aliphatic carbocycles. The van der Waals surface area contributed by atoms with Gasteiger partial charge in [-0.1, -0.05) is 11.6 Å². The Hall–Kier alpha value is -2.01. The molecule has 1 heterocycles. The number of amides is 1. The van der Waals surface area contributed by atoms with Crippen molar-refractivity contribution in [3.05, 3.63) is 47.0 Å². The van der Waals surface area contributed by atoms with E-state index in [1.165, 1.54) is 0 Å². The average Bonchev–Trinajstić information content (AvgIpc) is 3.01.